The van der Waals surface area contributed by atoms with Crippen LogP contribution in [0, 0.1) is 5.41 Å². The van der Waals surface area contributed by atoms with E-state index in [0.29, 0.717) is 30.0 Å². The molecule has 0 aliphatic carbocycles. The van der Waals surface area contributed by atoms with Crippen LogP contribution in [0.25, 0.3) is 0 Å². The first kappa shape index (κ1) is 20.1. The number of carbonyl (C=O) groups is 2. The lowest BCUT2D eigenvalue weighted by Crippen LogP contribution is -2.38. The summed E-state index contributed by atoms with van der Waals surface area (Å²) in [4.78, 5) is 35.5. The van der Waals surface area contributed by atoms with E-state index in [9.17, 15) is 9.59 Å². The minimum absolute atomic E-state index is 0.115. The highest BCUT2D eigenvalue weighted by molar-refractivity contribution is 5.84. The predicted octanol–water partition coefficient (Wildman–Crippen LogP) is 2.14. The average molecular weight is 372 g/mol. The Morgan fingerprint density at radius 2 is 2.07 bits per heavy atom. The summed E-state index contributed by atoms with van der Waals surface area (Å²) in [6.07, 6.45) is 5.61. The number of methoxy groups -OCH3 is 1. The van der Waals surface area contributed by atoms with Gasteiger partial charge >= 0.3 is 0 Å². The predicted molar refractivity (Wildman–Crippen MR) is 102 cm³/mol. The van der Waals surface area contributed by atoms with Crippen molar-refractivity contribution in [3.63, 3.8) is 0 Å². The first-order valence-corrected chi connectivity index (χ1v) is 8.36. The molecule has 2 rings (SSSR count). The van der Waals surface area contributed by atoms with E-state index >= 15 is 0 Å². The minimum Gasteiger partial charge on any atom is -0.495 e. The summed E-state index contributed by atoms with van der Waals surface area (Å²) < 4.78 is 5.13. The smallest absolute Gasteiger partial charge is 0.239 e. The molecule has 1 atom stereocenters. The molecule has 27 heavy (non-hydrogen) atoms. The number of anilines is 3. The maximum atomic E-state index is 11.8. The molecule has 0 bridgehead atoms. The number of nitrogens with one attached hydrogen (secondary N) is 2. The van der Waals surface area contributed by atoms with Crippen molar-refractivity contribution in [1.29, 1.82) is 0 Å². The third kappa shape index (κ3) is 5.91. The summed E-state index contributed by atoms with van der Waals surface area (Å²) in [7, 11) is 1.53. The number of aldehydes is 1. The minimum atomic E-state index is -0.618. The Morgan fingerprint density at radius 1 is 1.33 bits per heavy atom. The van der Waals surface area contributed by atoms with E-state index in [-0.39, 0.29) is 16.9 Å². The second-order valence-electron chi connectivity index (χ2n) is 7.21. The molecule has 2 aromatic rings. The molecule has 4 N–H and O–H groups in total. The number of nitrogens with zero attached hydrogens (tertiary/aromatic N) is 3. The number of pyridine rings is 1. The van der Waals surface area contributed by atoms with Gasteiger partial charge in [-0.2, -0.15) is 0 Å². The lowest BCUT2D eigenvalue weighted by Gasteiger charge is -2.25. The van der Waals surface area contributed by atoms with E-state index < -0.39 is 11.9 Å². The van der Waals surface area contributed by atoms with E-state index in [4.69, 9.17) is 10.5 Å². The van der Waals surface area contributed by atoms with Gasteiger partial charge in [-0.15, -0.1) is 0 Å². The van der Waals surface area contributed by atoms with E-state index in [0.717, 1.165) is 0 Å². The highest BCUT2D eigenvalue weighted by Crippen LogP contribution is 2.24. The number of hydrogen-bond donors (Lipinski definition) is 3. The van der Waals surface area contributed by atoms with Crippen LogP contribution >= 0.6 is 0 Å². The van der Waals surface area contributed by atoms with Crippen molar-refractivity contribution in [3.05, 3.63) is 30.4 Å². The third-order valence-electron chi connectivity index (χ3n) is 3.61. The van der Waals surface area contributed by atoms with Crippen LogP contribution in [-0.2, 0) is 4.79 Å². The van der Waals surface area contributed by atoms with Crippen LogP contribution in [0.3, 0.4) is 0 Å². The molecule has 0 aromatic carbocycles. The van der Waals surface area contributed by atoms with Crippen LogP contribution < -0.4 is 21.1 Å². The highest BCUT2D eigenvalue weighted by Gasteiger charge is 2.23. The van der Waals surface area contributed by atoms with Gasteiger partial charge in [0.1, 0.15) is 23.3 Å². The summed E-state index contributed by atoms with van der Waals surface area (Å²) >= 11 is 0. The summed E-state index contributed by atoms with van der Waals surface area (Å²) in [6, 6.07) is 1.09. The van der Waals surface area contributed by atoms with Gasteiger partial charge in [-0.1, -0.05) is 20.8 Å². The molecule has 0 saturated heterocycles. The number of carbonyl (C=O) groups excluding carboxylic acids is 2. The van der Waals surface area contributed by atoms with Gasteiger partial charge in [0, 0.05) is 6.07 Å². The Kier molecular flexibility index (Phi) is 6.27. The van der Waals surface area contributed by atoms with Crippen molar-refractivity contribution in [2.45, 2.75) is 33.2 Å². The third-order valence-corrected chi connectivity index (χ3v) is 3.61. The summed E-state index contributed by atoms with van der Waals surface area (Å²) in [6.45, 7) is 6.03. The van der Waals surface area contributed by atoms with E-state index in [1.165, 1.54) is 13.3 Å². The van der Waals surface area contributed by atoms with Crippen LogP contribution in [0.2, 0.25) is 0 Å². The highest BCUT2D eigenvalue weighted by atomic mass is 16.5. The molecule has 0 spiro atoms. The second-order valence-corrected chi connectivity index (χ2v) is 7.21. The van der Waals surface area contributed by atoms with Gasteiger partial charge < -0.3 is 21.1 Å². The lowest BCUT2D eigenvalue weighted by atomic mass is 9.88. The maximum absolute atomic E-state index is 11.8. The molecule has 2 aromatic heterocycles. The molecule has 0 radical (unpaired) electrons. The van der Waals surface area contributed by atoms with Gasteiger partial charge in [0.2, 0.25) is 5.91 Å². The number of nitrogens with two attached hydrogens (primary N) is 1. The van der Waals surface area contributed by atoms with Gasteiger partial charge in [0.25, 0.3) is 0 Å². The summed E-state index contributed by atoms with van der Waals surface area (Å²) in [5.74, 6) is 0.614. The largest absolute Gasteiger partial charge is 0.495 e. The van der Waals surface area contributed by atoms with Crippen LogP contribution in [0.1, 0.15) is 37.7 Å². The van der Waals surface area contributed by atoms with Crippen LogP contribution in [0.4, 0.5) is 17.3 Å². The molecule has 9 nitrogen and oxygen atoms in total. The van der Waals surface area contributed by atoms with Crippen molar-refractivity contribution >= 4 is 29.5 Å². The molecule has 0 aliphatic rings. The van der Waals surface area contributed by atoms with Gasteiger partial charge in [-0.05, 0) is 11.8 Å². The first-order valence-electron chi connectivity index (χ1n) is 8.36. The van der Waals surface area contributed by atoms with Crippen LogP contribution in [0.5, 0.6) is 5.75 Å². The zero-order valence-electron chi connectivity index (χ0n) is 15.8. The summed E-state index contributed by atoms with van der Waals surface area (Å²) in [5, 5.41) is 5.98. The zero-order valence-corrected chi connectivity index (χ0v) is 15.8. The van der Waals surface area contributed by atoms with E-state index in [1.54, 1.807) is 18.5 Å². The molecule has 1 amide bonds. The number of hydrogen-bond acceptors (Lipinski definition) is 8. The quantitative estimate of drug-likeness (QED) is 0.600. The topological polar surface area (TPSA) is 132 Å². The molecule has 0 fully saturated rings. The fourth-order valence-corrected chi connectivity index (χ4v) is 2.40. The van der Waals surface area contributed by atoms with Crippen molar-refractivity contribution in [2.24, 2.45) is 11.1 Å². The average Bonchev–Trinajstić information content (AvgIpc) is 2.60. The number of amides is 1. The number of aromatic nitrogens is 3. The van der Waals surface area contributed by atoms with Crippen molar-refractivity contribution in [2.75, 3.05) is 17.7 Å². The molecule has 0 saturated carbocycles. The number of rotatable bonds is 8. The zero-order chi connectivity index (χ0) is 20.0. The Bertz CT molecular complexity index is 819. The maximum Gasteiger partial charge on any atom is 0.239 e. The van der Waals surface area contributed by atoms with Crippen LogP contribution in [-0.4, -0.2) is 40.3 Å². The first-order chi connectivity index (χ1) is 12.7. The molecule has 0 aliphatic heterocycles. The Labute approximate surface area is 157 Å². The van der Waals surface area contributed by atoms with Crippen molar-refractivity contribution < 1.29 is 14.3 Å². The molecule has 144 valence electrons. The Hall–Kier alpha value is -3.23. The molecule has 9 heteroatoms. The van der Waals surface area contributed by atoms with Gasteiger partial charge in [0.05, 0.1) is 31.4 Å². The van der Waals surface area contributed by atoms with E-state index in [2.05, 4.69) is 25.6 Å². The Balaban J connectivity index is 2.28. The molecular weight excluding hydrogens is 348 g/mol. The van der Waals surface area contributed by atoms with Gasteiger partial charge in [-0.3, -0.25) is 14.6 Å². The van der Waals surface area contributed by atoms with E-state index in [1.807, 2.05) is 20.8 Å². The number of ether oxygens (including phenoxy) is 1. The van der Waals surface area contributed by atoms with Crippen LogP contribution in [0.15, 0.2) is 24.7 Å². The normalized spacial score (nSPS) is 12.1. The SMILES string of the molecule is COc1cncc(Nc2nc(N[C@H](CC(C)(C)C)C(N)=O)cnc2C=O)c1. The monoisotopic (exact) mass is 372 g/mol. The molecule has 2 heterocycles. The fraction of sp³-hybridized carbons (Fsp3) is 0.389. The van der Waals surface area contributed by atoms with Crippen molar-refractivity contribution in [3.8, 4) is 5.75 Å². The lowest BCUT2D eigenvalue weighted by molar-refractivity contribution is -0.119. The second kappa shape index (κ2) is 8.43. The Morgan fingerprint density at radius 3 is 2.67 bits per heavy atom. The standard InChI is InChI=1S/C18H24N6O3/c1-18(2,3)6-13(16(19)26)23-15-9-21-14(10-25)17(24-15)22-11-5-12(27-4)8-20-7-11/h5,7-10,13H,6H2,1-4H3,(H2,19,26)(H2,22,23,24)/t13-/m1/s1. The molecular formula is C18H24N6O3. The van der Waals surface area contributed by atoms with Crippen molar-refractivity contribution in [1.82, 2.24) is 15.0 Å². The summed E-state index contributed by atoms with van der Waals surface area (Å²) in [5.41, 5.74) is 6.08. The number of primary amides is 1. The fourth-order valence-electron chi connectivity index (χ4n) is 2.40. The van der Waals surface area contributed by atoms with Gasteiger partial charge in [0.15, 0.2) is 12.1 Å². The molecule has 0 unspecified atom stereocenters. The van der Waals surface area contributed by atoms with Gasteiger partial charge in [-0.25, -0.2) is 9.97 Å².